The molecular weight excluding hydrogens is 206 g/mol. The number of rotatable bonds is 1. The van der Waals surface area contributed by atoms with Crippen LogP contribution in [0.25, 0.3) is 0 Å². The van der Waals surface area contributed by atoms with E-state index in [4.69, 9.17) is 4.74 Å². The van der Waals surface area contributed by atoms with Crippen molar-refractivity contribution in [2.75, 3.05) is 6.61 Å². The van der Waals surface area contributed by atoms with Gasteiger partial charge in [-0.25, -0.2) is 4.99 Å². The zero-order valence-corrected chi connectivity index (χ0v) is 8.44. The topological polar surface area (TPSA) is 21.6 Å². The maximum atomic E-state index is 5.50. The third-order valence-corrected chi connectivity index (χ3v) is 3.17. The number of hydrogen-bond acceptors (Lipinski definition) is 2. The average Bonchev–Trinajstić information content (AvgIpc) is 2.51. The van der Waals surface area contributed by atoms with Crippen molar-refractivity contribution in [2.24, 2.45) is 4.99 Å². The van der Waals surface area contributed by atoms with Gasteiger partial charge in [-0.1, -0.05) is 15.9 Å². The molecule has 0 aromatic carbocycles. The largest absolute Gasteiger partial charge is 0.477 e. The first-order valence-electron chi connectivity index (χ1n) is 3.94. The molecule has 2 rings (SSSR count). The predicted molar refractivity (Wildman–Crippen MR) is 48.4 cm³/mol. The first-order chi connectivity index (χ1) is 5.02. The molecule has 1 saturated carbocycles. The summed E-state index contributed by atoms with van der Waals surface area (Å²) in [7, 11) is 0. The molecule has 2 aliphatic rings. The van der Waals surface area contributed by atoms with Crippen LogP contribution in [0.2, 0.25) is 0 Å². The van der Waals surface area contributed by atoms with Crippen molar-refractivity contribution < 1.29 is 4.74 Å². The van der Waals surface area contributed by atoms with Crippen molar-refractivity contribution in [3.63, 3.8) is 0 Å². The molecular formula is C8H12BrNO. The van der Waals surface area contributed by atoms with Gasteiger partial charge in [0.2, 0.25) is 5.90 Å². The van der Waals surface area contributed by atoms with E-state index in [2.05, 4.69) is 34.8 Å². The van der Waals surface area contributed by atoms with E-state index in [-0.39, 0.29) is 9.86 Å². The fourth-order valence-corrected chi connectivity index (χ4v) is 1.54. The van der Waals surface area contributed by atoms with Crippen LogP contribution in [-0.2, 0) is 4.74 Å². The van der Waals surface area contributed by atoms with Gasteiger partial charge in [-0.05, 0) is 26.7 Å². The first-order valence-corrected chi connectivity index (χ1v) is 4.73. The lowest BCUT2D eigenvalue weighted by Crippen LogP contribution is -2.17. The van der Waals surface area contributed by atoms with Crippen LogP contribution in [0.3, 0.4) is 0 Å². The van der Waals surface area contributed by atoms with Gasteiger partial charge in [0.05, 0.1) is 5.54 Å². The molecule has 0 aromatic heterocycles. The van der Waals surface area contributed by atoms with Crippen LogP contribution in [0.4, 0.5) is 0 Å². The lowest BCUT2D eigenvalue weighted by atomic mass is 10.1. The van der Waals surface area contributed by atoms with Crippen molar-refractivity contribution in [3.05, 3.63) is 0 Å². The standard InChI is InChI=1S/C8H12BrNO/c1-7(2)5-11-6(10-7)8(9)3-4-8/h3-5H2,1-2H3. The fraction of sp³-hybridized carbons (Fsp3) is 0.875. The zero-order chi connectivity index (χ0) is 8.11. The highest BCUT2D eigenvalue weighted by Gasteiger charge is 2.49. The van der Waals surface area contributed by atoms with Crippen molar-refractivity contribution in [1.29, 1.82) is 0 Å². The summed E-state index contributed by atoms with van der Waals surface area (Å²) in [6.45, 7) is 4.92. The Hall–Kier alpha value is -0.0500. The molecule has 0 unspecified atom stereocenters. The number of halogens is 1. The van der Waals surface area contributed by atoms with Crippen LogP contribution in [0.15, 0.2) is 4.99 Å². The van der Waals surface area contributed by atoms with Crippen molar-refractivity contribution >= 4 is 21.8 Å². The predicted octanol–water partition coefficient (Wildman–Crippen LogP) is 2.12. The third-order valence-electron chi connectivity index (χ3n) is 2.04. The Morgan fingerprint density at radius 3 is 2.45 bits per heavy atom. The van der Waals surface area contributed by atoms with Crippen molar-refractivity contribution in [1.82, 2.24) is 0 Å². The van der Waals surface area contributed by atoms with Gasteiger partial charge in [0.1, 0.15) is 10.9 Å². The minimum atomic E-state index is -0.00130. The summed E-state index contributed by atoms with van der Waals surface area (Å²) in [6.07, 6.45) is 2.34. The molecule has 1 aliphatic heterocycles. The molecule has 0 aromatic rings. The molecule has 0 atom stereocenters. The molecule has 0 saturated heterocycles. The highest BCUT2D eigenvalue weighted by atomic mass is 79.9. The van der Waals surface area contributed by atoms with Gasteiger partial charge >= 0.3 is 0 Å². The number of ether oxygens (including phenoxy) is 1. The van der Waals surface area contributed by atoms with E-state index in [1.165, 1.54) is 12.8 Å². The summed E-state index contributed by atoms with van der Waals surface area (Å²) in [5.41, 5.74) is -0.00130. The molecule has 0 radical (unpaired) electrons. The van der Waals surface area contributed by atoms with E-state index >= 15 is 0 Å². The van der Waals surface area contributed by atoms with E-state index in [0.717, 1.165) is 12.5 Å². The molecule has 11 heavy (non-hydrogen) atoms. The number of hydrogen-bond donors (Lipinski definition) is 0. The van der Waals surface area contributed by atoms with Gasteiger partial charge in [-0.15, -0.1) is 0 Å². The Balaban J connectivity index is 2.18. The van der Waals surface area contributed by atoms with Crippen molar-refractivity contribution in [3.8, 4) is 0 Å². The zero-order valence-electron chi connectivity index (χ0n) is 6.85. The maximum absolute atomic E-state index is 5.50. The van der Waals surface area contributed by atoms with Gasteiger partial charge in [-0.2, -0.15) is 0 Å². The quantitative estimate of drug-likeness (QED) is 0.617. The van der Waals surface area contributed by atoms with E-state index in [1.807, 2.05) is 0 Å². The Labute approximate surface area is 75.2 Å². The minimum absolute atomic E-state index is 0.00130. The summed E-state index contributed by atoms with van der Waals surface area (Å²) in [5, 5.41) is 0. The van der Waals surface area contributed by atoms with Crippen LogP contribution in [-0.4, -0.2) is 22.4 Å². The molecule has 3 heteroatoms. The van der Waals surface area contributed by atoms with E-state index in [1.54, 1.807) is 0 Å². The summed E-state index contributed by atoms with van der Waals surface area (Å²) in [5.74, 6) is 0.919. The minimum Gasteiger partial charge on any atom is -0.477 e. The van der Waals surface area contributed by atoms with Gasteiger partial charge in [0, 0.05) is 0 Å². The second-order valence-corrected chi connectivity index (χ2v) is 5.50. The SMILES string of the molecule is CC1(C)COC(C2(Br)CC2)=N1. The molecule has 2 nitrogen and oxygen atoms in total. The highest BCUT2D eigenvalue weighted by molar-refractivity contribution is 9.10. The van der Waals surface area contributed by atoms with Crippen molar-refractivity contribution in [2.45, 2.75) is 36.6 Å². The highest BCUT2D eigenvalue weighted by Crippen LogP contribution is 2.47. The summed E-state index contributed by atoms with van der Waals surface area (Å²) in [4.78, 5) is 4.50. The number of nitrogens with zero attached hydrogens (tertiary/aromatic N) is 1. The fourth-order valence-electron chi connectivity index (χ4n) is 1.14. The number of aliphatic imine (C=N–C) groups is 1. The van der Waals surface area contributed by atoms with Gasteiger partial charge in [0.25, 0.3) is 0 Å². The summed E-state index contributed by atoms with van der Waals surface area (Å²) < 4.78 is 5.62. The normalized spacial score (nSPS) is 31.0. The molecule has 1 heterocycles. The Bertz CT molecular complexity index is 218. The average molecular weight is 218 g/mol. The molecule has 0 amide bonds. The molecule has 62 valence electrons. The van der Waals surface area contributed by atoms with Gasteiger partial charge < -0.3 is 4.74 Å². The van der Waals surface area contributed by atoms with Crippen LogP contribution in [0.5, 0.6) is 0 Å². The Morgan fingerprint density at radius 2 is 2.09 bits per heavy atom. The molecule has 0 N–H and O–H groups in total. The molecule has 1 aliphatic carbocycles. The lowest BCUT2D eigenvalue weighted by Gasteiger charge is -2.07. The van der Waals surface area contributed by atoms with Crippen LogP contribution < -0.4 is 0 Å². The van der Waals surface area contributed by atoms with Crippen LogP contribution in [0, 0.1) is 0 Å². The summed E-state index contributed by atoms with van der Waals surface area (Å²) >= 11 is 3.61. The molecule has 1 fully saturated rings. The Kier molecular flexibility index (Phi) is 1.38. The smallest absolute Gasteiger partial charge is 0.201 e. The molecule has 0 bridgehead atoms. The second-order valence-electron chi connectivity index (χ2n) is 3.98. The van der Waals surface area contributed by atoms with E-state index in [9.17, 15) is 0 Å². The van der Waals surface area contributed by atoms with E-state index in [0.29, 0.717) is 0 Å². The number of alkyl halides is 1. The molecule has 0 spiro atoms. The second kappa shape index (κ2) is 2.00. The van der Waals surface area contributed by atoms with E-state index < -0.39 is 0 Å². The van der Waals surface area contributed by atoms with Crippen LogP contribution in [0.1, 0.15) is 26.7 Å². The van der Waals surface area contributed by atoms with Gasteiger partial charge in [0.15, 0.2) is 0 Å². The summed E-state index contributed by atoms with van der Waals surface area (Å²) in [6, 6.07) is 0. The van der Waals surface area contributed by atoms with Gasteiger partial charge in [-0.3, -0.25) is 0 Å². The first kappa shape index (κ1) is 7.59. The monoisotopic (exact) mass is 217 g/mol. The van der Waals surface area contributed by atoms with Crippen LogP contribution >= 0.6 is 15.9 Å². The maximum Gasteiger partial charge on any atom is 0.201 e. The Morgan fingerprint density at radius 1 is 1.45 bits per heavy atom. The lowest BCUT2D eigenvalue weighted by molar-refractivity contribution is 0.274. The third kappa shape index (κ3) is 1.31.